The predicted molar refractivity (Wildman–Crippen MR) is 67.9 cm³/mol. The van der Waals surface area contributed by atoms with E-state index in [0.717, 1.165) is 5.54 Å². The number of hydrogen-bond acceptors (Lipinski definition) is 0. The van der Waals surface area contributed by atoms with E-state index in [1.807, 2.05) is 0 Å². The van der Waals surface area contributed by atoms with Gasteiger partial charge in [-0.3, -0.25) is 0 Å². The third-order valence-electron chi connectivity index (χ3n) is 3.52. The zero-order chi connectivity index (χ0) is 10.4. The molecule has 2 aromatic rings. The highest BCUT2D eigenvalue weighted by molar-refractivity contribution is 6.58. The lowest BCUT2D eigenvalue weighted by atomic mass is 10.1. The fourth-order valence-corrected chi connectivity index (χ4v) is 4.25. The average molecular weight is 211 g/mol. The van der Waals surface area contributed by atoms with E-state index in [0.29, 0.717) is 0 Å². The van der Waals surface area contributed by atoms with Crippen molar-refractivity contribution < 1.29 is 0 Å². The molecule has 0 spiro atoms. The summed E-state index contributed by atoms with van der Waals surface area (Å²) in [5.41, 5.74) is 4.01. The van der Waals surface area contributed by atoms with Gasteiger partial charge in [0.15, 0.2) is 0 Å². The largest absolute Gasteiger partial charge is 0.0708 e. The highest BCUT2D eigenvalue weighted by Crippen LogP contribution is 2.39. The van der Waals surface area contributed by atoms with Crippen LogP contribution in [-0.4, -0.2) is 8.80 Å². The molecule has 1 aliphatic rings. The van der Waals surface area contributed by atoms with Crippen LogP contribution < -0.4 is 0 Å². The zero-order valence-corrected chi connectivity index (χ0v) is 10.2. The van der Waals surface area contributed by atoms with Crippen LogP contribution >= 0.6 is 0 Å². The van der Waals surface area contributed by atoms with Crippen molar-refractivity contribution in [3.63, 3.8) is 0 Å². The Balaban J connectivity index is 2.31. The van der Waals surface area contributed by atoms with Gasteiger partial charge in [-0.2, -0.15) is 0 Å². The van der Waals surface area contributed by atoms with Crippen molar-refractivity contribution in [1.82, 2.24) is 0 Å². The van der Waals surface area contributed by atoms with E-state index in [1.165, 1.54) is 11.8 Å². The summed E-state index contributed by atoms with van der Waals surface area (Å²) in [4.78, 5) is 0. The lowest BCUT2D eigenvalue weighted by Crippen LogP contribution is -2.14. The number of benzene rings is 2. The first-order valence-electron chi connectivity index (χ1n) is 5.58. The Bertz CT molecular complexity index is 508. The molecule has 1 aliphatic carbocycles. The fraction of sp³-hybridized carbons (Fsp3) is 0.286. The van der Waals surface area contributed by atoms with Crippen LogP contribution in [0.15, 0.2) is 36.4 Å². The van der Waals surface area contributed by atoms with Crippen molar-refractivity contribution >= 4 is 19.6 Å². The van der Waals surface area contributed by atoms with Crippen LogP contribution in [0.5, 0.6) is 0 Å². The Hall–Kier alpha value is -1.08. The zero-order valence-electron chi connectivity index (χ0n) is 9.25. The minimum Gasteiger partial charge on any atom is -0.0708 e. The maximum atomic E-state index is 2.43. The smallest absolute Gasteiger partial charge is 0.0502 e. The number of hydrogen-bond donors (Lipinski definition) is 0. The third kappa shape index (κ3) is 1.26. The van der Waals surface area contributed by atoms with Gasteiger partial charge in [-0.05, 0) is 33.9 Å². The highest BCUT2D eigenvalue weighted by Gasteiger charge is 2.26. The van der Waals surface area contributed by atoms with Gasteiger partial charge in [0.05, 0.1) is 8.80 Å². The van der Waals surface area contributed by atoms with Gasteiger partial charge in [-0.25, -0.2) is 0 Å². The molecule has 3 rings (SSSR count). The first-order chi connectivity index (χ1) is 7.27. The predicted octanol–water partition coefficient (Wildman–Crippen LogP) is 3.77. The van der Waals surface area contributed by atoms with Crippen LogP contribution in [0.25, 0.3) is 10.8 Å². The Morgan fingerprint density at radius 1 is 1.07 bits per heavy atom. The summed E-state index contributed by atoms with van der Waals surface area (Å²) in [6.45, 7) is 4.86. The van der Waals surface area contributed by atoms with E-state index in [-0.39, 0.29) is 8.80 Å². The standard InChI is InChI=1S/C14H15Si/c1-15(2)13-9-11-7-3-5-10-6-4-8-12(13)14(10)11/h3-8,13H,9H2,1-2H3. The summed E-state index contributed by atoms with van der Waals surface area (Å²) in [7, 11) is -0.224. The molecule has 0 aliphatic heterocycles. The molecule has 0 N–H and O–H groups in total. The molecule has 1 heteroatoms. The average Bonchev–Trinajstić information content (AvgIpc) is 2.61. The molecule has 0 fully saturated rings. The van der Waals surface area contributed by atoms with Crippen molar-refractivity contribution in [2.45, 2.75) is 25.1 Å². The van der Waals surface area contributed by atoms with Crippen LogP contribution in [0.1, 0.15) is 16.7 Å². The molecule has 0 aromatic heterocycles. The van der Waals surface area contributed by atoms with Crippen molar-refractivity contribution in [3.8, 4) is 0 Å². The van der Waals surface area contributed by atoms with Gasteiger partial charge < -0.3 is 0 Å². The summed E-state index contributed by atoms with van der Waals surface area (Å²) in [6.07, 6.45) is 1.28. The number of rotatable bonds is 1. The van der Waals surface area contributed by atoms with Gasteiger partial charge in [0.2, 0.25) is 0 Å². The molecule has 75 valence electrons. The molecule has 0 bridgehead atoms. The molecule has 1 radical (unpaired) electrons. The van der Waals surface area contributed by atoms with Gasteiger partial charge in [-0.15, -0.1) is 0 Å². The van der Waals surface area contributed by atoms with E-state index >= 15 is 0 Å². The van der Waals surface area contributed by atoms with Crippen molar-refractivity contribution in [2.24, 2.45) is 0 Å². The molecule has 1 unspecified atom stereocenters. The van der Waals surface area contributed by atoms with E-state index in [1.54, 1.807) is 16.5 Å². The minimum atomic E-state index is -0.224. The lowest BCUT2D eigenvalue weighted by molar-refractivity contribution is 0.949. The van der Waals surface area contributed by atoms with Gasteiger partial charge in [0.1, 0.15) is 0 Å². The van der Waals surface area contributed by atoms with Crippen LogP contribution in [0, 0.1) is 0 Å². The highest BCUT2D eigenvalue weighted by atomic mass is 28.3. The first kappa shape index (κ1) is 9.17. The molecule has 0 heterocycles. The molecular weight excluding hydrogens is 196 g/mol. The topological polar surface area (TPSA) is 0 Å². The summed E-state index contributed by atoms with van der Waals surface area (Å²) < 4.78 is 0. The SMILES string of the molecule is C[Si](C)C1Cc2cccc3cccc1c23. The maximum Gasteiger partial charge on any atom is 0.0502 e. The van der Waals surface area contributed by atoms with Crippen LogP contribution in [0.3, 0.4) is 0 Å². The lowest BCUT2D eigenvalue weighted by Gasteiger charge is -2.13. The normalized spacial score (nSPS) is 19.0. The third-order valence-corrected chi connectivity index (χ3v) is 5.43. The minimum absolute atomic E-state index is 0.224. The monoisotopic (exact) mass is 211 g/mol. The van der Waals surface area contributed by atoms with Gasteiger partial charge in [0.25, 0.3) is 0 Å². The Kier molecular flexibility index (Phi) is 1.96. The molecular formula is C14H15Si. The van der Waals surface area contributed by atoms with Crippen LogP contribution in [0.2, 0.25) is 13.1 Å². The Morgan fingerprint density at radius 2 is 1.80 bits per heavy atom. The Labute approximate surface area is 92.5 Å². The van der Waals surface area contributed by atoms with E-state index in [4.69, 9.17) is 0 Å². The van der Waals surface area contributed by atoms with E-state index in [9.17, 15) is 0 Å². The molecule has 0 saturated carbocycles. The molecule has 0 amide bonds. The second-order valence-electron chi connectivity index (χ2n) is 4.70. The summed E-state index contributed by atoms with van der Waals surface area (Å²) in [5, 5.41) is 2.98. The van der Waals surface area contributed by atoms with Gasteiger partial charge in [0, 0.05) is 0 Å². The van der Waals surface area contributed by atoms with Gasteiger partial charge in [-0.1, -0.05) is 49.5 Å². The van der Waals surface area contributed by atoms with Crippen LogP contribution in [0.4, 0.5) is 0 Å². The molecule has 0 saturated heterocycles. The van der Waals surface area contributed by atoms with E-state index in [2.05, 4.69) is 49.5 Å². The quantitative estimate of drug-likeness (QED) is 0.630. The fourth-order valence-electron chi connectivity index (χ4n) is 2.76. The van der Waals surface area contributed by atoms with Crippen LogP contribution in [-0.2, 0) is 6.42 Å². The van der Waals surface area contributed by atoms with E-state index < -0.39 is 0 Å². The summed E-state index contributed by atoms with van der Waals surface area (Å²) in [6, 6.07) is 13.5. The Morgan fingerprint density at radius 3 is 2.53 bits per heavy atom. The maximum absolute atomic E-state index is 2.43. The summed E-state index contributed by atoms with van der Waals surface area (Å²) >= 11 is 0. The van der Waals surface area contributed by atoms with Crippen molar-refractivity contribution in [2.75, 3.05) is 0 Å². The second kappa shape index (κ2) is 3.21. The van der Waals surface area contributed by atoms with Crippen molar-refractivity contribution in [3.05, 3.63) is 47.5 Å². The summed E-state index contributed by atoms with van der Waals surface area (Å²) in [5.74, 6) is 0. The molecule has 15 heavy (non-hydrogen) atoms. The second-order valence-corrected chi connectivity index (χ2v) is 7.55. The van der Waals surface area contributed by atoms with Gasteiger partial charge >= 0.3 is 0 Å². The first-order valence-corrected chi connectivity index (χ1v) is 8.15. The molecule has 2 aromatic carbocycles. The molecule has 0 nitrogen and oxygen atoms in total. The van der Waals surface area contributed by atoms with Crippen molar-refractivity contribution in [1.29, 1.82) is 0 Å². The molecule has 1 atom stereocenters.